The summed E-state index contributed by atoms with van der Waals surface area (Å²) in [5.41, 5.74) is 1.20. The van der Waals surface area contributed by atoms with Crippen molar-refractivity contribution in [2.24, 2.45) is 0 Å². The second-order valence-electron chi connectivity index (χ2n) is 4.49. The van der Waals surface area contributed by atoms with Gasteiger partial charge in [0.25, 0.3) is 0 Å². The fourth-order valence-corrected chi connectivity index (χ4v) is 1.98. The van der Waals surface area contributed by atoms with Crippen molar-refractivity contribution in [3.05, 3.63) is 29.8 Å². The van der Waals surface area contributed by atoms with E-state index in [0.717, 1.165) is 19.3 Å². The van der Waals surface area contributed by atoms with E-state index in [1.165, 1.54) is 5.56 Å². The maximum absolute atomic E-state index is 9.26. The van der Waals surface area contributed by atoms with E-state index in [0.29, 0.717) is 17.8 Å². The molecule has 0 heterocycles. The summed E-state index contributed by atoms with van der Waals surface area (Å²) >= 11 is 0. The molecule has 2 unspecified atom stereocenters. The Morgan fingerprint density at radius 3 is 2.41 bits per heavy atom. The van der Waals surface area contributed by atoms with Crippen LogP contribution in [0.25, 0.3) is 0 Å². The third-order valence-corrected chi connectivity index (χ3v) is 2.98. The van der Waals surface area contributed by atoms with Gasteiger partial charge in [0.05, 0.1) is 0 Å². The molecule has 0 fully saturated rings. The van der Waals surface area contributed by atoms with Crippen LogP contribution in [0.3, 0.4) is 0 Å². The molecule has 0 aliphatic rings. The molecule has 0 spiro atoms. The zero-order valence-electron chi connectivity index (χ0n) is 10.7. The van der Waals surface area contributed by atoms with E-state index in [4.69, 9.17) is 5.11 Å². The van der Waals surface area contributed by atoms with Crippen molar-refractivity contribution in [1.82, 2.24) is 5.32 Å². The summed E-state index contributed by atoms with van der Waals surface area (Å²) in [6.07, 6.45) is 2.82. The van der Waals surface area contributed by atoms with Gasteiger partial charge in [-0.15, -0.1) is 0 Å². The number of hydrogen-bond acceptors (Lipinski definition) is 3. The van der Waals surface area contributed by atoms with Gasteiger partial charge in [0.15, 0.2) is 0 Å². The Morgan fingerprint density at radius 2 is 1.88 bits per heavy atom. The Labute approximate surface area is 103 Å². The van der Waals surface area contributed by atoms with Crippen LogP contribution in [0.5, 0.6) is 5.75 Å². The average molecular weight is 237 g/mol. The van der Waals surface area contributed by atoms with E-state index < -0.39 is 0 Å². The summed E-state index contributed by atoms with van der Waals surface area (Å²) in [7, 11) is 0. The van der Waals surface area contributed by atoms with Gasteiger partial charge in [-0.05, 0) is 43.9 Å². The lowest BCUT2D eigenvalue weighted by molar-refractivity contribution is 0.273. The Hall–Kier alpha value is -1.06. The molecule has 1 aromatic carbocycles. The van der Waals surface area contributed by atoms with Crippen molar-refractivity contribution in [2.75, 3.05) is 6.61 Å². The normalized spacial score (nSPS) is 14.5. The second-order valence-corrected chi connectivity index (χ2v) is 4.49. The maximum Gasteiger partial charge on any atom is 0.115 e. The molecule has 0 bridgehead atoms. The molecule has 0 aliphatic heterocycles. The number of benzene rings is 1. The summed E-state index contributed by atoms with van der Waals surface area (Å²) in [4.78, 5) is 0. The second kappa shape index (κ2) is 7.30. The largest absolute Gasteiger partial charge is 0.508 e. The van der Waals surface area contributed by atoms with Crippen molar-refractivity contribution >= 4 is 0 Å². The van der Waals surface area contributed by atoms with Gasteiger partial charge in [-0.3, -0.25) is 0 Å². The van der Waals surface area contributed by atoms with Gasteiger partial charge in [0.1, 0.15) is 5.75 Å². The fraction of sp³-hybridized carbons (Fsp3) is 0.571. The standard InChI is InChI=1S/C14H23NO2/c1-3-14(15-11(2)5-4-10-16)12-6-8-13(17)9-7-12/h6-9,11,14-17H,3-5,10H2,1-2H3. The Morgan fingerprint density at radius 1 is 1.24 bits per heavy atom. The predicted octanol–water partition coefficient (Wildman–Crippen LogP) is 2.59. The first kappa shape index (κ1) is 14.0. The zero-order valence-corrected chi connectivity index (χ0v) is 10.7. The van der Waals surface area contributed by atoms with Crippen LogP contribution >= 0.6 is 0 Å². The van der Waals surface area contributed by atoms with Crippen molar-refractivity contribution < 1.29 is 10.2 Å². The van der Waals surface area contributed by atoms with Crippen LogP contribution in [0.2, 0.25) is 0 Å². The molecule has 1 aromatic rings. The van der Waals surface area contributed by atoms with E-state index in [1.54, 1.807) is 12.1 Å². The maximum atomic E-state index is 9.26. The smallest absolute Gasteiger partial charge is 0.115 e. The average Bonchev–Trinajstić information content (AvgIpc) is 2.34. The van der Waals surface area contributed by atoms with E-state index >= 15 is 0 Å². The summed E-state index contributed by atoms with van der Waals surface area (Å²) in [5, 5.41) is 21.6. The molecule has 0 amide bonds. The monoisotopic (exact) mass is 237 g/mol. The number of phenols is 1. The number of rotatable bonds is 7. The molecule has 3 heteroatoms. The topological polar surface area (TPSA) is 52.5 Å². The molecule has 3 nitrogen and oxygen atoms in total. The van der Waals surface area contributed by atoms with Crippen molar-refractivity contribution in [1.29, 1.82) is 0 Å². The van der Waals surface area contributed by atoms with Gasteiger partial charge in [-0.25, -0.2) is 0 Å². The van der Waals surface area contributed by atoms with E-state index in [1.807, 2.05) is 12.1 Å². The van der Waals surface area contributed by atoms with Gasteiger partial charge in [0.2, 0.25) is 0 Å². The molecule has 0 radical (unpaired) electrons. The lowest BCUT2D eigenvalue weighted by Crippen LogP contribution is -2.30. The third kappa shape index (κ3) is 4.75. The Balaban J connectivity index is 2.56. The lowest BCUT2D eigenvalue weighted by Gasteiger charge is -2.22. The first-order valence-electron chi connectivity index (χ1n) is 6.33. The SMILES string of the molecule is CCC(NC(C)CCCO)c1ccc(O)cc1. The highest BCUT2D eigenvalue weighted by molar-refractivity contribution is 5.28. The van der Waals surface area contributed by atoms with Crippen molar-refractivity contribution in [3.63, 3.8) is 0 Å². The van der Waals surface area contributed by atoms with Crippen molar-refractivity contribution in [3.8, 4) is 5.75 Å². The molecular formula is C14H23NO2. The number of hydrogen-bond donors (Lipinski definition) is 3. The number of phenolic OH excluding ortho intramolecular Hbond substituents is 1. The highest BCUT2D eigenvalue weighted by Crippen LogP contribution is 2.20. The van der Waals surface area contributed by atoms with E-state index in [9.17, 15) is 5.11 Å². The summed E-state index contributed by atoms with van der Waals surface area (Å²) < 4.78 is 0. The predicted molar refractivity (Wildman–Crippen MR) is 70.1 cm³/mol. The van der Waals surface area contributed by atoms with Gasteiger partial charge < -0.3 is 15.5 Å². The van der Waals surface area contributed by atoms with Crippen molar-refractivity contribution in [2.45, 2.75) is 45.2 Å². The van der Waals surface area contributed by atoms with Crippen LogP contribution in [-0.2, 0) is 0 Å². The molecular weight excluding hydrogens is 214 g/mol. The number of aliphatic hydroxyl groups excluding tert-OH is 1. The molecule has 0 saturated carbocycles. The van der Waals surface area contributed by atoms with Crippen LogP contribution < -0.4 is 5.32 Å². The first-order valence-corrected chi connectivity index (χ1v) is 6.33. The number of aromatic hydroxyl groups is 1. The molecule has 96 valence electrons. The molecule has 2 atom stereocenters. The van der Waals surface area contributed by atoms with Gasteiger partial charge in [-0.2, -0.15) is 0 Å². The summed E-state index contributed by atoms with van der Waals surface area (Å²) in [5.74, 6) is 0.303. The summed E-state index contributed by atoms with van der Waals surface area (Å²) in [6.45, 7) is 4.53. The summed E-state index contributed by atoms with van der Waals surface area (Å²) in [6, 6.07) is 8.05. The fourth-order valence-electron chi connectivity index (χ4n) is 1.98. The lowest BCUT2D eigenvalue weighted by atomic mass is 10.0. The molecule has 0 saturated heterocycles. The van der Waals surface area contributed by atoms with E-state index in [-0.39, 0.29) is 6.61 Å². The van der Waals surface area contributed by atoms with Gasteiger partial charge >= 0.3 is 0 Å². The zero-order chi connectivity index (χ0) is 12.7. The van der Waals surface area contributed by atoms with Crippen LogP contribution in [0.4, 0.5) is 0 Å². The first-order chi connectivity index (χ1) is 8.17. The highest BCUT2D eigenvalue weighted by Gasteiger charge is 2.12. The van der Waals surface area contributed by atoms with Crippen LogP contribution in [0, 0.1) is 0 Å². The molecule has 0 aliphatic carbocycles. The van der Waals surface area contributed by atoms with Crippen LogP contribution in [-0.4, -0.2) is 22.9 Å². The molecule has 3 N–H and O–H groups in total. The molecule has 17 heavy (non-hydrogen) atoms. The third-order valence-electron chi connectivity index (χ3n) is 2.98. The highest BCUT2D eigenvalue weighted by atomic mass is 16.3. The quantitative estimate of drug-likeness (QED) is 0.683. The molecule has 1 rings (SSSR count). The minimum Gasteiger partial charge on any atom is -0.508 e. The van der Waals surface area contributed by atoms with Gasteiger partial charge in [0, 0.05) is 18.7 Å². The Bertz CT molecular complexity index is 311. The number of aliphatic hydroxyl groups is 1. The minimum absolute atomic E-state index is 0.252. The molecule has 0 aromatic heterocycles. The minimum atomic E-state index is 0.252. The Kier molecular flexibility index (Phi) is 6.01. The van der Waals surface area contributed by atoms with Crippen LogP contribution in [0.1, 0.15) is 44.7 Å². The number of nitrogens with one attached hydrogen (secondary N) is 1. The van der Waals surface area contributed by atoms with Gasteiger partial charge in [-0.1, -0.05) is 19.1 Å². The van der Waals surface area contributed by atoms with E-state index in [2.05, 4.69) is 19.2 Å². The van der Waals surface area contributed by atoms with Crippen LogP contribution in [0.15, 0.2) is 24.3 Å².